The number of hydrogen-bond acceptors (Lipinski definition) is 5. The van der Waals surface area contributed by atoms with Crippen molar-refractivity contribution in [3.63, 3.8) is 0 Å². The van der Waals surface area contributed by atoms with Gasteiger partial charge >= 0.3 is 5.69 Å². The largest absolute Gasteiger partial charge is 0.376 e. The number of hydrogen-bond donors (Lipinski definition) is 2. The Bertz CT molecular complexity index is 1020. The minimum atomic E-state index is -0.595. The van der Waals surface area contributed by atoms with E-state index in [-0.39, 0.29) is 46.5 Å². The smallest absolute Gasteiger partial charge is 0.330 e. The van der Waals surface area contributed by atoms with Crippen molar-refractivity contribution in [1.82, 2.24) is 19.9 Å². The minimum absolute atomic E-state index is 0.0310. The zero-order chi connectivity index (χ0) is 21.3. The number of nitrogens with zero attached hydrogens (tertiary/aromatic N) is 2. The van der Waals surface area contributed by atoms with Crippen LogP contribution in [0.4, 0.5) is 0 Å². The molecule has 1 amide bonds. The fraction of sp³-hybridized carbons (Fsp3) is 0.619. The second kappa shape index (κ2) is 8.49. The normalized spacial score (nSPS) is 18.0. The summed E-state index contributed by atoms with van der Waals surface area (Å²) in [4.78, 5) is 45.2. The van der Waals surface area contributed by atoms with E-state index in [9.17, 15) is 14.4 Å². The molecule has 2 aromatic heterocycles. The lowest BCUT2D eigenvalue weighted by Crippen LogP contribution is -2.41. The number of ether oxygens (including phenoxy) is 1. The Morgan fingerprint density at radius 3 is 2.62 bits per heavy atom. The highest BCUT2D eigenvalue weighted by molar-refractivity contribution is 6.05. The van der Waals surface area contributed by atoms with Crippen LogP contribution >= 0.6 is 0 Å². The molecule has 0 bridgehead atoms. The molecule has 0 radical (unpaired) electrons. The van der Waals surface area contributed by atoms with Crippen molar-refractivity contribution >= 4 is 16.9 Å². The van der Waals surface area contributed by atoms with Crippen molar-refractivity contribution in [3.8, 4) is 0 Å². The first kappa shape index (κ1) is 21.2. The number of amides is 1. The number of aromatic nitrogens is 3. The first-order valence-corrected chi connectivity index (χ1v) is 10.3. The second-order valence-corrected chi connectivity index (χ2v) is 8.53. The van der Waals surface area contributed by atoms with E-state index in [1.165, 1.54) is 4.57 Å². The zero-order valence-corrected chi connectivity index (χ0v) is 17.7. The molecule has 8 nitrogen and oxygen atoms in total. The van der Waals surface area contributed by atoms with Crippen molar-refractivity contribution in [2.45, 2.75) is 72.1 Å². The average Bonchev–Trinajstić information content (AvgIpc) is 3.18. The number of H-pyrrole nitrogens is 1. The topological polar surface area (TPSA) is 106 Å². The van der Waals surface area contributed by atoms with E-state index in [1.807, 2.05) is 34.6 Å². The Kier molecular flexibility index (Phi) is 6.21. The molecule has 2 atom stereocenters. The lowest BCUT2D eigenvalue weighted by atomic mass is 10.0. The number of nitrogens with one attached hydrogen (secondary N) is 2. The molecule has 3 rings (SSSR count). The van der Waals surface area contributed by atoms with Crippen LogP contribution in [0, 0.1) is 5.92 Å². The van der Waals surface area contributed by atoms with Gasteiger partial charge in [-0.3, -0.25) is 19.1 Å². The van der Waals surface area contributed by atoms with Gasteiger partial charge < -0.3 is 10.1 Å². The molecular weight excluding hydrogens is 372 g/mol. The summed E-state index contributed by atoms with van der Waals surface area (Å²) >= 11 is 0. The molecule has 3 heterocycles. The van der Waals surface area contributed by atoms with Gasteiger partial charge in [-0.2, -0.15) is 0 Å². The van der Waals surface area contributed by atoms with Crippen LogP contribution in [-0.4, -0.2) is 39.2 Å². The Balaban J connectivity index is 2.15. The van der Waals surface area contributed by atoms with Crippen LogP contribution in [0.2, 0.25) is 0 Å². The molecule has 8 heteroatoms. The van der Waals surface area contributed by atoms with Crippen LogP contribution in [0.25, 0.3) is 11.0 Å². The van der Waals surface area contributed by atoms with Gasteiger partial charge in [-0.1, -0.05) is 27.7 Å². The third-order valence-electron chi connectivity index (χ3n) is 5.23. The van der Waals surface area contributed by atoms with Crippen LogP contribution < -0.4 is 16.6 Å². The molecule has 0 aliphatic carbocycles. The summed E-state index contributed by atoms with van der Waals surface area (Å²) in [6, 6.07) is 1.47. The summed E-state index contributed by atoms with van der Waals surface area (Å²) < 4.78 is 7.11. The fourth-order valence-electron chi connectivity index (χ4n) is 3.68. The van der Waals surface area contributed by atoms with Gasteiger partial charge in [0.15, 0.2) is 5.65 Å². The summed E-state index contributed by atoms with van der Waals surface area (Å²) in [5.74, 6) is -0.158. The summed E-state index contributed by atoms with van der Waals surface area (Å²) in [7, 11) is 0. The molecule has 2 unspecified atom stereocenters. The van der Waals surface area contributed by atoms with E-state index in [2.05, 4.69) is 15.3 Å². The summed E-state index contributed by atoms with van der Waals surface area (Å²) in [5, 5.41) is 3.11. The SMILES string of the molecule is CC(C)Cn1c(=O)[nH]c(=O)c2c(C(=O)NC(C)C3CCCO3)cc(C(C)C)nc21. The highest BCUT2D eigenvalue weighted by Gasteiger charge is 2.26. The summed E-state index contributed by atoms with van der Waals surface area (Å²) in [6.07, 6.45) is 1.83. The minimum Gasteiger partial charge on any atom is -0.376 e. The van der Waals surface area contributed by atoms with E-state index < -0.39 is 11.2 Å². The monoisotopic (exact) mass is 402 g/mol. The standard InChI is InChI=1S/C21H30N4O4/c1-11(2)10-25-18-17(20(27)24-21(25)28)14(9-15(23-18)12(3)4)19(26)22-13(5)16-7-6-8-29-16/h9,11-13,16H,6-8,10H2,1-5H3,(H,22,26)(H,24,27,28). The number of aromatic amines is 1. The van der Waals surface area contributed by atoms with Gasteiger partial charge in [0, 0.05) is 18.8 Å². The van der Waals surface area contributed by atoms with Gasteiger partial charge in [-0.25, -0.2) is 9.78 Å². The molecular formula is C21H30N4O4. The highest BCUT2D eigenvalue weighted by Crippen LogP contribution is 2.21. The zero-order valence-electron chi connectivity index (χ0n) is 17.7. The predicted molar refractivity (Wildman–Crippen MR) is 111 cm³/mol. The molecule has 0 aromatic carbocycles. The maximum Gasteiger partial charge on any atom is 0.330 e. The fourth-order valence-corrected chi connectivity index (χ4v) is 3.68. The van der Waals surface area contributed by atoms with E-state index in [0.29, 0.717) is 18.8 Å². The van der Waals surface area contributed by atoms with Crippen LogP contribution in [0.5, 0.6) is 0 Å². The van der Waals surface area contributed by atoms with Crippen LogP contribution in [0.15, 0.2) is 15.7 Å². The molecule has 0 spiro atoms. The molecule has 1 fully saturated rings. The van der Waals surface area contributed by atoms with Gasteiger partial charge in [-0.15, -0.1) is 0 Å². The van der Waals surface area contributed by atoms with Gasteiger partial charge in [-0.05, 0) is 37.7 Å². The number of carbonyl (C=O) groups excluding carboxylic acids is 1. The van der Waals surface area contributed by atoms with Gasteiger partial charge in [0.2, 0.25) is 0 Å². The first-order valence-electron chi connectivity index (χ1n) is 10.3. The molecule has 2 N–H and O–H groups in total. The lowest BCUT2D eigenvalue weighted by Gasteiger charge is -2.21. The third-order valence-corrected chi connectivity index (χ3v) is 5.23. The van der Waals surface area contributed by atoms with E-state index in [0.717, 1.165) is 12.8 Å². The van der Waals surface area contributed by atoms with Crippen molar-refractivity contribution in [1.29, 1.82) is 0 Å². The molecule has 2 aromatic rings. The van der Waals surface area contributed by atoms with Crippen molar-refractivity contribution in [2.75, 3.05) is 6.61 Å². The van der Waals surface area contributed by atoms with Crippen LogP contribution in [0.3, 0.4) is 0 Å². The van der Waals surface area contributed by atoms with Crippen LogP contribution in [0.1, 0.15) is 69.4 Å². The quantitative estimate of drug-likeness (QED) is 0.770. The summed E-state index contributed by atoms with van der Waals surface area (Å²) in [6.45, 7) is 10.9. The Labute approximate surface area is 169 Å². The first-order chi connectivity index (χ1) is 13.7. The number of rotatable bonds is 6. The van der Waals surface area contributed by atoms with E-state index in [1.54, 1.807) is 6.07 Å². The van der Waals surface area contributed by atoms with Crippen molar-refractivity contribution < 1.29 is 9.53 Å². The number of fused-ring (bicyclic) bond motifs is 1. The number of pyridine rings is 1. The Morgan fingerprint density at radius 2 is 2.03 bits per heavy atom. The van der Waals surface area contributed by atoms with Gasteiger partial charge in [0.25, 0.3) is 11.5 Å². The average molecular weight is 402 g/mol. The molecule has 29 heavy (non-hydrogen) atoms. The lowest BCUT2D eigenvalue weighted by molar-refractivity contribution is 0.0713. The van der Waals surface area contributed by atoms with Crippen molar-refractivity contribution in [2.24, 2.45) is 5.92 Å². The third kappa shape index (κ3) is 4.42. The Hall–Kier alpha value is -2.48. The van der Waals surface area contributed by atoms with E-state index in [4.69, 9.17) is 4.74 Å². The Morgan fingerprint density at radius 1 is 1.31 bits per heavy atom. The highest BCUT2D eigenvalue weighted by atomic mass is 16.5. The number of carbonyl (C=O) groups is 1. The summed E-state index contributed by atoms with van der Waals surface area (Å²) in [5.41, 5.74) is 0.0530. The maximum atomic E-state index is 13.1. The van der Waals surface area contributed by atoms with E-state index >= 15 is 0 Å². The van der Waals surface area contributed by atoms with Gasteiger partial charge in [0.05, 0.1) is 23.1 Å². The molecule has 0 saturated carbocycles. The van der Waals surface area contributed by atoms with Gasteiger partial charge in [0.1, 0.15) is 0 Å². The predicted octanol–water partition coefficient (Wildman–Crippen LogP) is 2.16. The maximum absolute atomic E-state index is 13.1. The molecule has 1 saturated heterocycles. The molecule has 1 aliphatic rings. The second-order valence-electron chi connectivity index (χ2n) is 8.53. The van der Waals surface area contributed by atoms with Crippen LogP contribution in [-0.2, 0) is 11.3 Å². The molecule has 158 valence electrons. The molecule has 1 aliphatic heterocycles. The van der Waals surface area contributed by atoms with Crippen molar-refractivity contribution in [3.05, 3.63) is 38.2 Å².